The first-order valence-electron chi connectivity index (χ1n) is 7.69. The van der Waals surface area contributed by atoms with Gasteiger partial charge in [0.05, 0.1) is 0 Å². The van der Waals surface area contributed by atoms with Crippen LogP contribution in [0.2, 0.25) is 0 Å². The molecular weight excluding hydrogens is 252 g/mol. The molecule has 1 aliphatic carbocycles. The van der Waals surface area contributed by atoms with Gasteiger partial charge in [0.2, 0.25) is 0 Å². The van der Waals surface area contributed by atoms with Crippen LogP contribution in [0.25, 0.3) is 11.1 Å². The summed E-state index contributed by atoms with van der Waals surface area (Å²) < 4.78 is 0. The molecule has 1 atom stereocenters. The van der Waals surface area contributed by atoms with Crippen molar-refractivity contribution < 1.29 is 0 Å². The largest absolute Gasteiger partial charge is 0.0911 e. The van der Waals surface area contributed by atoms with Crippen LogP contribution < -0.4 is 0 Å². The van der Waals surface area contributed by atoms with E-state index in [-0.39, 0.29) is 0 Å². The first-order chi connectivity index (χ1) is 10.1. The summed E-state index contributed by atoms with van der Waals surface area (Å²) >= 11 is 0. The Morgan fingerprint density at radius 2 is 1.57 bits per heavy atom. The first-order valence-corrected chi connectivity index (χ1v) is 7.69. The second-order valence-corrected chi connectivity index (χ2v) is 6.25. The minimum absolute atomic E-state index is 0.542. The molecule has 0 amide bonds. The van der Waals surface area contributed by atoms with Gasteiger partial charge in [-0.3, -0.25) is 0 Å². The molecule has 2 aromatic rings. The highest BCUT2D eigenvalue weighted by Crippen LogP contribution is 2.42. The number of allylic oxidation sites excluding steroid dienone is 2. The van der Waals surface area contributed by atoms with E-state index in [0.717, 1.165) is 5.57 Å². The lowest BCUT2D eigenvalue weighted by molar-refractivity contribution is 0.534. The van der Waals surface area contributed by atoms with Crippen LogP contribution in [-0.4, -0.2) is 0 Å². The van der Waals surface area contributed by atoms with Crippen LogP contribution in [0.15, 0.2) is 61.2 Å². The third kappa shape index (κ3) is 2.35. The highest BCUT2D eigenvalue weighted by molar-refractivity contribution is 6.01. The normalized spacial score (nSPS) is 15.0. The van der Waals surface area contributed by atoms with Crippen LogP contribution in [0, 0.1) is 5.92 Å². The van der Waals surface area contributed by atoms with Gasteiger partial charge < -0.3 is 0 Å². The lowest BCUT2D eigenvalue weighted by Gasteiger charge is -2.20. The van der Waals surface area contributed by atoms with Crippen LogP contribution in [0.5, 0.6) is 0 Å². The molecule has 0 saturated heterocycles. The molecule has 0 N–H and O–H groups in total. The van der Waals surface area contributed by atoms with Crippen molar-refractivity contribution in [1.82, 2.24) is 0 Å². The predicted octanol–water partition coefficient (Wildman–Crippen LogP) is 5.90. The molecule has 21 heavy (non-hydrogen) atoms. The van der Waals surface area contributed by atoms with Crippen LogP contribution in [0.1, 0.15) is 48.9 Å². The van der Waals surface area contributed by atoms with Crippen molar-refractivity contribution in [3.05, 3.63) is 83.4 Å². The average Bonchev–Trinajstić information content (AvgIpc) is 2.85. The van der Waals surface area contributed by atoms with E-state index in [1.54, 1.807) is 0 Å². The molecule has 0 unspecified atom stereocenters. The van der Waals surface area contributed by atoms with E-state index < -0.39 is 0 Å². The SMILES string of the molecule is C=C1C=C(c2ccccc2)c2cccc([C@H](C)C(C)C)c21. The Labute approximate surface area is 127 Å². The van der Waals surface area contributed by atoms with E-state index in [0.29, 0.717) is 11.8 Å². The van der Waals surface area contributed by atoms with Gasteiger partial charge in [-0.2, -0.15) is 0 Å². The summed E-state index contributed by atoms with van der Waals surface area (Å²) in [6.45, 7) is 11.2. The Morgan fingerprint density at radius 3 is 2.24 bits per heavy atom. The van der Waals surface area contributed by atoms with Crippen molar-refractivity contribution in [3.63, 3.8) is 0 Å². The zero-order chi connectivity index (χ0) is 15.0. The van der Waals surface area contributed by atoms with Gasteiger partial charge in [0.1, 0.15) is 0 Å². The molecule has 3 rings (SSSR count). The summed E-state index contributed by atoms with van der Waals surface area (Å²) in [6, 6.07) is 17.3. The van der Waals surface area contributed by atoms with Gasteiger partial charge in [-0.25, -0.2) is 0 Å². The van der Waals surface area contributed by atoms with Crippen molar-refractivity contribution in [2.75, 3.05) is 0 Å². The maximum Gasteiger partial charge on any atom is -0.00760 e. The summed E-state index contributed by atoms with van der Waals surface area (Å²) in [6.07, 6.45) is 2.23. The minimum Gasteiger partial charge on any atom is -0.0911 e. The molecule has 0 nitrogen and oxygen atoms in total. The fourth-order valence-electron chi connectivity index (χ4n) is 3.07. The minimum atomic E-state index is 0.542. The lowest BCUT2D eigenvalue weighted by atomic mass is 9.84. The zero-order valence-electron chi connectivity index (χ0n) is 13.1. The Kier molecular flexibility index (Phi) is 3.55. The van der Waals surface area contributed by atoms with E-state index in [1.165, 1.54) is 27.8 Å². The molecule has 0 saturated carbocycles. The molecule has 106 valence electrons. The summed E-state index contributed by atoms with van der Waals surface area (Å²) in [4.78, 5) is 0. The highest BCUT2D eigenvalue weighted by Gasteiger charge is 2.24. The molecule has 0 bridgehead atoms. The van der Waals surface area contributed by atoms with E-state index in [9.17, 15) is 0 Å². The fourth-order valence-corrected chi connectivity index (χ4v) is 3.07. The van der Waals surface area contributed by atoms with Crippen molar-refractivity contribution in [1.29, 1.82) is 0 Å². The van der Waals surface area contributed by atoms with Gasteiger partial charge in [-0.15, -0.1) is 0 Å². The van der Waals surface area contributed by atoms with Gasteiger partial charge in [-0.05, 0) is 51.3 Å². The van der Waals surface area contributed by atoms with Gasteiger partial charge in [0.15, 0.2) is 0 Å². The van der Waals surface area contributed by atoms with Crippen LogP contribution in [0.4, 0.5) is 0 Å². The summed E-state index contributed by atoms with van der Waals surface area (Å²) in [7, 11) is 0. The van der Waals surface area contributed by atoms with Crippen molar-refractivity contribution in [3.8, 4) is 0 Å². The molecule has 0 heteroatoms. The van der Waals surface area contributed by atoms with Crippen LogP contribution >= 0.6 is 0 Å². The number of hydrogen-bond donors (Lipinski definition) is 0. The second-order valence-electron chi connectivity index (χ2n) is 6.25. The summed E-state index contributed by atoms with van der Waals surface area (Å²) in [5.41, 5.74) is 7.82. The molecule has 0 radical (unpaired) electrons. The maximum absolute atomic E-state index is 4.30. The molecular formula is C21H22. The summed E-state index contributed by atoms with van der Waals surface area (Å²) in [5.74, 6) is 1.17. The first kappa shape index (κ1) is 13.9. The number of hydrogen-bond acceptors (Lipinski definition) is 0. The smallest absolute Gasteiger partial charge is 0.00760 e. The van der Waals surface area contributed by atoms with Gasteiger partial charge in [0, 0.05) is 0 Å². The maximum atomic E-state index is 4.30. The van der Waals surface area contributed by atoms with Gasteiger partial charge in [0.25, 0.3) is 0 Å². The van der Waals surface area contributed by atoms with Crippen LogP contribution in [0.3, 0.4) is 0 Å². The molecule has 2 aromatic carbocycles. The van der Waals surface area contributed by atoms with Gasteiger partial charge in [-0.1, -0.05) is 75.9 Å². The molecule has 0 aromatic heterocycles. The predicted molar refractivity (Wildman–Crippen MR) is 92.3 cm³/mol. The van der Waals surface area contributed by atoms with Crippen LogP contribution in [-0.2, 0) is 0 Å². The molecule has 0 spiro atoms. The number of fused-ring (bicyclic) bond motifs is 1. The molecule has 0 aliphatic heterocycles. The molecule has 0 heterocycles. The summed E-state index contributed by atoms with van der Waals surface area (Å²) in [5, 5.41) is 0. The Morgan fingerprint density at radius 1 is 0.857 bits per heavy atom. The Balaban J connectivity index is 2.14. The average molecular weight is 274 g/mol. The van der Waals surface area contributed by atoms with Crippen molar-refractivity contribution in [2.45, 2.75) is 26.7 Å². The monoisotopic (exact) mass is 274 g/mol. The lowest BCUT2D eigenvalue weighted by Crippen LogP contribution is -2.05. The van der Waals surface area contributed by atoms with E-state index in [4.69, 9.17) is 0 Å². The van der Waals surface area contributed by atoms with Crippen molar-refractivity contribution >= 4 is 11.1 Å². The van der Waals surface area contributed by atoms with E-state index >= 15 is 0 Å². The third-order valence-electron chi connectivity index (χ3n) is 4.60. The standard InChI is InChI=1S/C21H22/c1-14(2)16(4)18-11-8-12-19-20(13-15(3)21(18)19)17-9-6-5-7-10-17/h5-14,16H,3H2,1-2,4H3/t16-/m1/s1. The fraction of sp³-hybridized carbons (Fsp3) is 0.238. The number of rotatable bonds is 3. The van der Waals surface area contributed by atoms with Crippen molar-refractivity contribution in [2.24, 2.45) is 5.92 Å². The third-order valence-corrected chi connectivity index (χ3v) is 4.60. The topological polar surface area (TPSA) is 0 Å². The van der Waals surface area contributed by atoms with E-state index in [2.05, 4.69) is 82.0 Å². The second kappa shape index (κ2) is 5.37. The highest BCUT2D eigenvalue weighted by atomic mass is 14.3. The molecule has 0 fully saturated rings. The van der Waals surface area contributed by atoms with Gasteiger partial charge >= 0.3 is 0 Å². The molecule has 1 aliphatic rings. The quantitative estimate of drug-likeness (QED) is 0.653. The van der Waals surface area contributed by atoms with E-state index in [1.807, 2.05) is 0 Å². The Bertz CT molecular complexity index is 702. The zero-order valence-corrected chi connectivity index (χ0v) is 13.1. The Hall–Kier alpha value is -2.08. The number of benzene rings is 2.